The molecule has 212 valence electrons. The Morgan fingerprint density at radius 2 is 1.87 bits per heavy atom. The topological polar surface area (TPSA) is 99.5 Å². The van der Waals surface area contributed by atoms with Gasteiger partial charge in [0.1, 0.15) is 12.7 Å². The first-order chi connectivity index (χ1) is 18.1. The molecule has 38 heavy (non-hydrogen) atoms. The molecule has 9 atom stereocenters. The fourth-order valence-corrected chi connectivity index (χ4v) is 9.90. The highest BCUT2D eigenvalue weighted by Crippen LogP contribution is 2.70. The molecule has 0 aromatic rings. The van der Waals surface area contributed by atoms with Gasteiger partial charge in [-0.15, -0.1) is 0 Å². The maximum atomic E-state index is 13.0. The van der Waals surface area contributed by atoms with Crippen LogP contribution in [0.15, 0.2) is 11.6 Å². The van der Waals surface area contributed by atoms with E-state index in [1.165, 1.54) is 0 Å². The highest BCUT2D eigenvalue weighted by molar-refractivity contribution is 5.85. The van der Waals surface area contributed by atoms with Crippen LogP contribution >= 0.6 is 0 Å². The van der Waals surface area contributed by atoms with Crippen molar-refractivity contribution in [3.63, 3.8) is 0 Å². The maximum absolute atomic E-state index is 13.0. The number of likely N-dealkylation sites (N-methyl/N-ethyl adjacent to an activating group) is 1. The molecule has 8 nitrogen and oxygen atoms in total. The number of esters is 1. The molecular formula is C30H46N2O6. The van der Waals surface area contributed by atoms with E-state index in [9.17, 15) is 19.8 Å². The number of carbonyl (C=O) groups is 2. The standard InChI is InChI=1S/C30H46N2O6/c1-28-9-7-21(38-27(35)32-12-4-11-31(3)13-14-32)16-20(28)5-6-23-24(28)17-25(33)29(2)22(8-10-30(23,29)36)19-15-26(34)37-18-19/h15,20-25,33,36H,4-14,16-18H2,1-3H3/t20-,21+,22-,23-,24+,25-,28+,29+,30+/m1/s1. The van der Waals surface area contributed by atoms with Crippen molar-refractivity contribution in [2.75, 3.05) is 39.8 Å². The van der Waals surface area contributed by atoms with Gasteiger partial charge in [-0.1, -0.05) is 13.8 Å². The fourth-order valence-electron chi connectivity index (χ4n) is 9.90. The average Bonchev–Trinajstić information content (AvgIpc) is 3.34. The SMILES string of the molecule is CN1CCCN(C(=O)O[C@H]2CC[C@@]3(C)[C@H](CC[C@@H]4[C@@H]3C[C@@H](O)[C@]3(C)[C@@H](C5=CC(=O)OC5)CC[C@]43O)C2)CC1. The zero-order valence-electron chi connectivity index (χ0n) is 23.4. The quantitative estimate of drug-likeness (QED) is 0.528. The molecule has 0 unspecified atom stereocenters. The van der Waals surface area contributed by atoms with Crippen LogP contribution in [0.5, 0.6) is 0 Å². The van der Waals surface area contributed by atoms with Crippen LogP contribution in [0.25, 0.3) is 0 Å². The van der Waals surface area contributed by atoms with Gasteiger partial charge in [-0.3, -0.25) is 0 Å². The van der Waals surface area contributed by atoms with E-state index >= 15 is 0 Å². The molecule has 4 saturated carbocycles. The smallest absolute Gasteiger partial charge is 0.410 e. The molecule has 0 spiro atoms. The van der Waals surface area contributed by atoms with Crippen LogP contribution in [0.3, 0.4) is 0 Å². The lowest BCUT2D eigenvalue weighted by Crippen LogP contribution is -2.67. The number of nitrogens with zero attached hydrogens (tertiary/aromatic N) is 2. The zero-order chi connectivity index (χ0) is 26.9. The van der Waals surface area contributed by atoms with Crippen molar-refractivity contribution in [1.29, 1.82) is 0 Å². The summed E-state index contributed by atoms with van der Waals surface area (Å²) < 4.78 is 11.3. The minimum absolute atomic E-state index is 0.0129. The zero-order valence-corrected chi connectivity index (χ0v) is 23.4. The molecule has 0 radical (unpaired) electrons. The van der Waals surface area contributed by atoms with E-state index in [1.807, 2.05) is 4.90 Å². The Balaban J connectivity index is 1.16. The molecule has 2 heterocycles. The lowest BCUT2D eigenvalue weighted by atomic mass is 9.42. The second-order valence-electron chi connectivity index (χ2n) is 13.8. The molecule has 5 fully saturated rings. The lowest BCUT2D eigenvalue weighted by Gasteiger charge is -2.65. The second kappa shape index (κ2) is 9.48. The van der Waals surface area contributed by atoms with Crippen molar-refractivity contribution in [1.82, 2.24) is 9.80 Å². The van der Waals surface area contributed by atoms with Crippen molar-refractivity contribution in [3.8, 4) is 0 Å². The van der Waals surface area contributed by atoms with Gasteiger partial charge in [0.25, 0.3) is 0 Å². The van der Waals surface area contributed by atoms with Crippen molar-refractivity contribution >= 4 is 12.1 Å². The van der Waals surface area contributed by atoms with E-state index in [2.05, 4.69) is 25.8 Å². The summed E-state index contributed by atoms with van der Waals surface area (Å²) in [5, 5.41) is 24.1. The van der Waals surface area contributed by atoms with E-state index in [1.54, 1.807) is 6.08 Å². The Labute approximate surface area is 226 Å². The Bertz CT molecular complexity index is 1000. The molecule has 2 aliphatic heterocycles. The highest BCUT2D eigenvalue weighted by Gasteiger charge is 2.70. The number of cyclic esters (lactones) is 1. The second-order valence-corrected chi connectivity index (χ2v) is 13.8. The van der Waals surface area contributed by atoms with Crippen LogP contribution in [-0.4, -0.2) is 89.7 Å². The van der Waals surface area contributed by atoms with E-state index in [0.717, 1.165) is 76.7 Å². The van der Waals surface area contributed by atoms with E-state index in [0.29, 0.717) is 18.8 Å². The van der Waals surface area contributed by atoms with Crippen LogP contribution in [0.1, 0.15) is 71.6 Å². The number of carbonyl (C=O) groups excluding carboxylic acids is 2. The molecule has 4 aliphatic carbocycles. The molecule has 8 heteroatoms. The number of hydrogen-bond donors (Lipinski definition) is 2. The lowest BCUT2D eigenvalue weighted by molar-refractivity contribution is -0.245. The van der Waals surface area contributed by atoms with Crippen LogP contribution in [0.2, 0.25) is 0 Å². The molecule has 0 aromatic heterocycles. The van der Waals surface area contributed by atoms with Crippen molar-refractivity contribution in [2.24, 2.45) is 34.5 Å². The number of amides is 1. The summed E-state index contributed by atoms with van der Waals surface area (Å²) in [6.07, 6.45) is 8.45. The first-order valence-corrected chi connectivity index (χ1v) is 15.0. The predicted octanol–water partition coefficient (Wildman–Crippen LogP) is 3.36. The first-order valence-electron chi connectivity index (χ1n) is 15.0. The fraction of sp³-hybridized carbons (Fsp3) is 0.867. The summed E-state index contributed by atoms with van der Waals surface area (Å²) in [6, 6.07) is 0. The number of rotatable bonds is 2. The summed E-state index contributed by atoms with van der Waals surface area (Å²) in [4.78, 5) is 28.9. The van der Waals surface area contributed by atoms with Crippen molar-refractivity contribution < 1.29 is 29.3 Å². The molecule has 1 amide bonds. The minimum Gasteiger partial charge on any atom is -0.458 e. The normalized spacial score (nSPS) is 47.3. The predicted molar refractivity (Wildman–Crippen MR) is 141 cm³/mol. The average molecular weight is 531 g/mol. The van der Waals surface area contributed by atoms with Gasteiger partial charge >= 0.3 is 12.1 Å². The Morgan fingerprint density at radius 3 is 2.63 bits per heavy atom. The number of fused-ring (bicyclic) bond motifs is 5. The van der Waals surface area contributed by atoms with Crippen molar-refractivity contribution in [2.45, 2.75) is 89.4 Å². The van der Waals surface area contributed by atoms with Crippen LogP contribution < -0.4 is 0 Å². The Kier molecular flexibility index (Phi) is 6.63. The van der Waals surface area contributed by atoms with Crippen LogP contribution in [0.4, 0.5) is 4.79 Å². The number of aliphatic hydroxyl groups excluding tert-OH is 1. The largest absolute Gasteiger partial charge is 0.458 e. The third-order valence-corrected chi connectivity index (χ3v) is 12.3. The van der Waals surface area contributed by atoms with Gasteiger partial charge in [-0.05, 0) is 106 Å². The van der Waals surface area contributed by atoms with Gasteiger partial charge in [-0.2, -0.15) is 0 Å². The van der Waals surface area contributed by atoms with E-state index in [-0.39, 0.29) is 47.9 Å². The third kappa shape index (κ3) is 3.95. The summed E-state index contributed by atoms with van der Waals surface area (Å²) in [7, 11) is 2.10. The van der Waals surface area contributed by atoms with Gasteiger partial charge in [0.2, 0.25) is 0 Å². The van der Waals surface area contributed by atoms with Gasteiger partial charge < -0.3 is 29.5 Å². The number of ether oxygens (including phenoxy) is 2. The Hall–Kier alpha value is -1.64. The third-order valence-electron chi connectivity index (χ3n) is 12.3. The van der Waals surface area contributed by atoms with Gasteiger partial charge in [0, 0.05) is 31.1 Å². The first kappa shape index (κ1) is 26.6. The molecular weight excluding hydrogens is 484 g/mol. The summed E-state index contributed by atoms with van der Waals surface area (Å²) in [5.41, 5.74) is -0.683. The number of aliphatic hydroxyl groups is 2. The van der Waals surface area contributed by atoms with Crippen LogP contribution in [0, 0.1) is 34.5 Å². The van der Waals surface area contributed by atoms with Gasteiger partial charge in [0.05, 0.1) is 11.7 Å². The molecule has 1 saturated heterocycles. The van der Waals surface area contributed by atoms with Gasteiger partial charge in [0.15, 0.2) is 0 Å². The van der Waals surface area contributed by atoms with Crippen LogP contribution in [-0.2, 0) is 14.3 Å². The molecule has 0 aromatic carbocycles. The summed E-state index contributed by atoms with van der Waals surface area (Å²) in [6.45, 7) is 8.08. The molecule has 0 bridgehead atoms. The van der Waals surface area contributed by atoms with E-state index in [4.69, 9.17) is 9.47 Å². The summed E-state index contributed by atoms with van der Waals surface area (Å²) in [5.74, 6) is 0.451. The summed E-state index contributed by atoms with van der Waals surface area (Å²) >= 11 is 0. The van der Waals surface area contributed by atoms with E-state index < -0.39 is 17.1 Å². The van der Waals surface area contributed by atoms with Gasteiger partial charge in [-0.25, -0.2) is 9.59 Å². The highest BCUT2D eigenvalue weighted by atomic mass is 16.6. The maximum Gasteiger partial charge on any atom is 0.410 e. The molecule has 2 N–H and O–H groups in total. The molecule has 6 rings (SSSR count). The minimum atomic E-state index is -0.955. The Morgan fingerprint density at radius 1 is 1.05 bits per heavy atom. The van der Waals surface area contributed by atoms with Crippen molar-refractivity contribution in [3.05, 3.63) is 11.6 Å². The molecule has 6 aliphatic rings. The monoisotopic (exact) mass is 530 g/mol. The number of hydrogen-bond acceptors (Lipinski definition) is 7.